The van der Waals surface area contributed by atoms with Crippen LogP contribution in [0.15, 0.2) is 67.0 Å². The van der Waals surface area contributed by atoms with Gasteiger partial charge in [0.2, 0.25) is 0 Å². The first-order valence-corrected chi connectivity index (χ1v) is 8.39. The summed E-state index contributed by atoms with van der Waals surface area (Å²) in [7, 11) is 0. The summed E-state index contributed by atoms with van der Waals surface area (Å²) in [6.45, 7) is 1.91. The minimum atomic E-state index is -0.194. The number of carbonyl (C=O) groups is 1. The summed E-state index contributed by atoms with van der Waals surface area (Å²) in [6, 6.07) is 16.4. The van der Waals surface area contributed by atoms with Crippen LogP contribution in [-0.4, -0.2) is 16.0 Å². The van der Waals surface area contributed by atoms with Crippen LogP contribution in [0.25, 0.3) is 11.1 Å². The number of aliphatic hydroxyl groups excluding tert-OH is 1. The van der Waals surface area contributed by atoms with Crippen molar-refractivity contribution in [3.8, 4) is 11.1 Å². The van der Waals surface area contributed by atoms with Crippen LogP contribution in [0.3, 0.4) is 0 Å². The molecule has 0 aliphatic rings. The maximum Gasteiger partial charge on any atom is 0.255 e. The number of aliphatic hydroxyl groups is 1. The van der Waals surface area contributed by atoms with Crippen LogP contribution in [0.5, 0.6) is 0 Å². The van der Waals surface area contributed by atoms with E-state index in [-0.39, 0.29) is 18.6 Å². The van der Waals surface area contributed by atoms with Crippen LogP contribution >= 0.6 is 0 Å². The van der Waals surface area contributed by atoms with Gasteiger partial charge in [0.15, 0.2) is 0 Å². The first-order chi connectivity index (χ1) is 12.6. The molecular weight excluding hydrogens is 326 g/mol. The van der Waals surface area contributed by atoms with E-state index in [0.29, 0.717) is 11.3 Å². The SMILES string of the molecule is CC(N)c1ccc(C(=O)Nc2ccncc2)cc1-c1ccc(CO)cc1. The second kappa shape index (κ2) is 7.91. The number of amides is 1. The smallest absolute Gasteiger partial charge is 0.255 e. The lowest BCUT2D eigenvalue weighted by Gasteiger charge is -2.15. The number of nitrogens with two attached hydrogens (primary N) is 1. The highest BCUT2D eigenvalue weighted by atomic mass is 16.3. The molecule has 26 heavy (non-hydrogen) atoms. The van der Waals surface area contributed by atoms with Gasteiger partial charge in [0.05, 0.1) is 6.61 Å². The number of carbonyl (C=O) groups excluding carboxylic acids is 1. The Morgan fingerprint density at radius 1 is 1.12 bits per heavy atom. The molecule has 5 heteroatoms. The highest BCUT2D eigenvalue weighted by Gasteiger charge is 2.14. The van der Waals surface area contributed by atoms with Gasteiger partial charge in [0, 0.05) is 29.7 Å². The van der Waals surface area contributed by atoms with Gasteiger partial charge in [-0.15, -0.1) is 0 Å². The maximum atomic E-state index is 12.6. The zero-order valence-corrected chi connectivity index (χ0v) is 14.5. The number of pyridine rings is 1. The van der Waals surface area contributed by atoms with Crippen molar-refractivity contribution in [3.63, 3.8) is 0 Å². The van der Waals surface area contributed by atoms with E-state index >= 15 is 0 Å². The predicted octanol–water partition coefficient (Wildman–Crippen LogP) is 3.51. The molecule has 4 N–H and O–H groups in total. The van der Waals surface area contributed by atoms with Gasteiger partial charge in [-0.25, -0.2) is 0 Å². The lowest BCUT2D eigenvalue weighted by Crippen LogP contribution is -2.13. The van der Waals surface area contributed by atoms with Gasteiger partial charge >= 0.3 is 0 Å². The fourth-order valence-electron chi connectivity index (χ4n) is 2.77. The van der Waals surface area contributed by atoms with Gasteiger partial charge in [-0.2, -0.15) is 0 Å². The summed E-state index contributed by atoms with van der Waals surface area (Å²) >= 11 is 0. The largest absolute Gasteiger partial charge is 0.392 e. The highest BCUT2D eigenvalue weighted by Crippen LogP contribution is 2.29. The van der Waals surface area contributed by atoms with Crippen molar-refractivity contribution in [2.75, 3.05) is 5.32 Å². The minimum Gasteiger partial charge on any atom is -0.392 e. The molecule has 0 saturated heterocycles. The van der Waals surface area contributed by atoms with Crippen LogP contribution < -0.4 is 11.1 Å². The van der Waals surface area contributed by atoms with Crippen molar-refractivity contribution >= 4 is 11.6 Å². The molecule has 3 rings (SSSR count). The standard InChI is InChI=1S/C21H21N3O2/c1-14(22)19-7-6-17(21(26)24-18-8-10-23-11-9-18)12-20(19)16-4-2-15(13-25)3-5-16/h2-12,14,25H,13,22H2,1H3,(H,23,24,26). The molecule has 132 valence electrons. The molecule has 1 aromatic heterocycles. The van der Waals surface area contributed by atoms with Gasteiger partial charge in [-0.3, -0.25) is 9.78 Å². The Hall–Kier alpha value is -3.02. The molecule has 1 atom stereocenters. The Labute approximate surface area is 152 Å². The lowest BCUT2D eigenvalue weighted by molar-refractivity contribution is 0.102. The summed E-state index contributed by atoms with van der Waals surface area (Å²) in [5.74, 6) is -0.194. The Morgan fingerprint density at radius 3 is 2.42 bits per heavy atom. The molecule has 0 saturated carbocycles. The second-order valence-electron chi connectivity index (χ2n) is 6.14. The molecule has 1 heterocycles. The molecule has 5 nitrogen and oxygen atoms in total. The van der Waals surface area contributed by atoms with Crippen molar-refractivity contribution in [1.29, 1.82) is 0 Å². The monoisotopic (exact) mass is 347 g/mol. The summed E-state index contributed by atoms with van der Waals surface area (Å²) in [4.78, 5) is 16.5. The normalized spacial score (nSPS) is 11.8. The Morgan fingerprint density at radius 2 is 1.81 bits per heavy atom. The van der Waals surface area contributed by atoms with Crippen molar-refractivity contribution in [1.82, 2.24) is 4.98 Å². The zero-order chi connectivity index (χ0) is 18.5. The Bertz CT molecular complexity index is 891. The van der Waals surface area contributed by atoms with Crippen molar-refractivity contribution < 1.29 is 9.90 Å². The summed E-state index contributed by atoms with van der Waals surface area (Å²) in [5, 5.41) is 12.1. The van der Waals surface area contributed by atoms with E-state index < -0.39 is 0 Å². The van der Waals surface area contributed by atoms with E-state index in [1.165, 1.54) is 0 Å². The van der Waals surface area contributed by atoms with E-state index in [9.17, 15) is 9.90 Å². The average molecular weight is 347 g/mol. The van der Waals surface area contributed by atoms with Crippen LogP contribution in [0.2, 0.25) is 0 Å². The van der Waals surface area contributed by atoms with Crippen LogP contribution in [0.1, 0.15) is 34.5 Å². The van der Waals surface area contributed by atoms with E-state index in [0.717, 1.165) is 22.3 Å². The number of aromatic nitrogens is 1. The average Bonchev–Trinajstić information content (AvgIpc) is 2.68. The van der Waals surface area contributed by atoms with Gasteiger partial charge in [0.25, 0.3) is 5.91 Å². The number of hydrogen-bond acceptors (Lipinski definition) is 4. The van der Waals surface area contributed by atoms with Crippen LogP contribution in [-0.2, 0) is 6.61 Å². The van der Waals surface area contributed by atoms with Gasteiger partial charge in [-0.1, -0.05) is 30.3 Å². The van der Waals surface area contributed by atoms with Crippen LogP contribution in [0, 0.1) is 0 Å². The van der Waals surface area contributed by atoms with Crippen molar-refractivity contribution in [2.24, 2.45) is 5.73 Å². The van der Waals surface area contributed by atoms with E-state index in [4.69, 9.17) is 5.73 Å². The minimum absolute atomic E-state index is 0.00515. The molecule has 0 radical (unpaired) electrons. The molecule has 0 bridgehead atoms. The number of nitrogens with one attached hydrogen (secondary N) is 1. The summed E-state index contributed by atoms with van der Waals surface area (Å²) < 4.78 is 0. The predicted molar refractivity (Wildman–Crippen MR) is 103 cm³/mol. The van der Waals surface area contributed by atoms with E-state index in [2.05, 4.69) is 10.3 Å². The van der Waals surface area contributed by atoms with Gasteiger partial charge in [0.1, 0.15) is 0 Å². The summed E-state index contributed by atoms with van der Waals surface area (Å²) in [6.07, 6.45) is 3.26. The lowest BCUT2D eigenvalue weighted by atomic mass is 9.93. The van der Waals surface area contributed by atoms with Crippen LogP contribution in [0.4, 0.5) is 5.69 Å². The number of rotatable bonds is 5. The number of nitrogens with zero attached hydrogens (tertiary/aromatic N) is 1. The molecule has 1 amide bonds. The van der Waals surface area contributed by atoms with E-state index in [1.807, 2.05) is 43.3 Å². The molecule has 3 aromatic rings. The van der Waals surface area contributed by atoms with Gasteiger partial charge < -0.3 is 16.2 Å². The van der Waals surface area contributed by atoms with E-state index in [1.54, 1.807) is 30.6 Å². The third-order valence-corrected chi connectivity index (χ3v) is 4.19. The molecular formula is C21H21N3O2. The quantitative estimate of drug-likeness (QED) is 0.659. The first kappa shape index (κ1) is 17.8. The maximum absolute atomic E-state index is 12.6. The van der Waals surface area contributed by atoms with Gasteiger partial charge in [-0.05, 0) is 53.4 Å². The fraction of sp³-hybridized carbons (Fsp3) is 0.143. The number of benzene rings is 2. The third-order valence-electron chi connectivity index (χ3n) is 4.19. The molecule has 0 fully saturated rings. The topological polar surface area (TPSA) is 88.2 Å². The molecule has 0 aliphatic heterocycles. The molecule has 1 unspecified atom stereocenters. The number of anilines is 1. The van der Waals surface area contributed by atoms with Crippen molar-refractivity contribution in [2.45, 2.75) is 19.6 Å². The molecule has 2 aromatic carbocycles. The molecule has 0 aliphatic carbocycles. The summed E-state index contributed by atoms with van der Waals surface area (Å²) in [5.41, 5.74) is 11.0. The fourth-order valence-corrected chi connectivity index (χ4v) is 2.77. The number of hydrogen-bond donors (Lipinski definition) is 3. The zero-order valence-electron chi connectivity index (χ0n) is 14.5. The van der Waals surface area contributed by atoms with Crippen molar-refractivity contribution in [3.05, 3.63) is 83.7 Å². The Balaban J connectivity index is 1.96. The highest BCUT2D eigenvalue weighted by molar-refractivity contribution is 6.05. The third kappa shape index (κ3) is 3.96. The first-order valence-electron chi connectivity index (χ1n) is 8.39. The molecule has 0 spiro atoms. The Kier molecular flexibility index (Phi) is 5.41. The second-order valence-corrected chi connectivity index (χ2v) is 6.14.